The molecule has 3 atom stereocenters. The van der Waals surface area contributed by atoms with E-state index in [0.717, 1.165) is 12.8 Å². The monoisotopic (exact) mass is 310 g/mol. The lowest BCUT2D eigenvalue weighted by Gasteiger charge is -2.37. The highest BCUT2D eigenvalue weighted by Crippen LogP contribution is 2.42. The van der Waals surface area contributed by atoms with E-state index < -0.39 is 0 Å². The van der Waals surface area contributed by atoms with Crippen LogP contribution in [0.4, 0.5) is 0 Å². The molecule has 0 N–H and O–H groups in total. The largest absolute Gasteiger partial charge is 0.298 e. The highest BCUT2D eigenvalue weighted by Gasteiger charge is 2.43. The van der Waals surface area contributed by atoms with Gasteiger partial charge in [0.05, 0.1) is 4.32 Å². The van der Waals surface area contributed by atoms with E-state index in [4.69, 9.17) is 0 Å². The summed E-state index contributed by atoms with van der Waals surface area (Å²) in [5.74, 6) is 1.48. The van der Waals surface area contributed by atoms with E-state index in [1.807, 2.05) is 6.92 Å². The molecule has 1 aliphatic carbocycles. The molecular formula is C10H16Br2O. The Hall–Kier alpha value is 0.630. The maximum absolute atomic E-state index is 11.8. The quantitative estimate of drug-likeness (QED) is 0.677. The highest BCUT2D eigenvalue weighted by atomic mass is 79.9. The molecule has 1 nitrogen and oxygen atoms in total. The molecule has 0 heterocycles. The molecule has 0 amide bonds. The van der Waals surface area contributed by atoms with E-state index in [2.05, 4.69) is 45.7 Å². The third kappa shape index (κ3) is 2.35. The fourth-order valence-electron chi connectivity index (χ4n) is 1.69. The Bertz CT molecular complexity index is 211. The zero-order valence-corrected chi connectivity index (χ0v) is 11.5. The lowest BCUT2D eigenvalue weighted by atomic mass is 9.76. The number of hydrogen-bond acceptors (Lipinski definition) is 1. The number of Topliss-reactive ketones (excluding diaryl/α,β-unsaturated/α-hetero) is 1. The van der Waals surface area contributed by atoms with Crippen molar-refractivity contribution < 1.29 is 4.79 Å². The zero-order valence-electron chi connectivity index (χ0n) is 8.31. The van der Waals surface area contributed by atoms with Crippen LogP contribution in [-0.4, -0.2) is 14.9 Å². The van der Waals surface area contributed by atoms with Gasteiger partial charge in [0, 0.05) is 11.2 Å². The summed E-state index contributed by atoms with van der Waals surface area (Å²) in [5, 5.41) is 0. The molecule has 1 aliphatic rings. The van der Waals surface area contributed by atoms with Crippen LogP contribution < -0.4 is 0 Å². The van der Waals surface area contributed by atoms with Gasteiger partial charge in [-0.15, -0.1) is 0 Å². The van der Waals surface area contributed by atoms with E-state index in [9.17, 15) is 4.79 Å². The van der Waals surface area contributed by atoms with Gasteiger partial charge in [0.15, 0.2) is 5.78 Å². The molecule has 3 unspecified atom stereocenters. The first kappa shape index (κ1) is 11.7. The number of halogens is 2. The van der Waals surface area contributed by atoms with Gasteiger partial charge >= 0.3 is 0 Å². The number of carbonyl (C=O) groups excluding carboxylic acids is 1. The predicted molar refractivity (Wildman–Crippen MR) is 62.6 cm³/mol. The molecule has 0 aromatic heterocycles. The number of rotatable bonds is 1. The zero-order chi connectivity index (χ0) is 10.2. The Labute approximate surface area is 96.9 Å². The molecule has 0 aromatic rings. The van der Waals surface area contributed by atoms with Crippen molar-refractivity contribution in [3.63, 3.8) is 0 Å². The second kappa shape index (κ2) is 4.01. The van der Waals surface area contributed by atoms with E-state index in [1.54, 1.807) is 0 Å². The van der Waals surface area contributed by atoms with Crippen LogP contribution in [0.2, 0.25) is 0 Å². The van der Waals surface area contributed by atoms with Gasteiger partial charge in [-0.1, -0.05) is 45.7 Å². The van der Waals surface area contributed by atoms with Gasteiger partial charge in [-0.05, 0) is 25.2 Å². The standard InChI is InChI=1S/C10H16Br2O/c1-6(2)7-4-8(11)10(3,12)9(13)5-7/h6-8H,4-5H2,1-3H3. The number of carbonyl (C=O) groups is 1. The molecule has 13 heavy (non-hydrogen) atoms. The Morgan fingerprint density at radius 2 is 2.08 bits per heavy atom. The second-order valence-corrected chi connectivity index (χ2v) is 7.16. The van der Waals surface area contributed by atoms with Crippen LogP contribution in [-0.2, 0) is 4.79 Å². The van der Waals surface area contributed by atoms with E-state index >= 15 is 0 Å². The van der Waals surface area contributed by atoms with Crippen molar-refractivity contribution >= 4 is 37.6 Å². The number of hydrogen-bond donors (Lipinski definition) is 0. The van der Waals surface area contributed by atoms with E-state index in [-0.39, 0.29) is 9.15 Å². The van der Waals surface area contributed by atoms with Crippen LogP contribution in [0.1, 0.15) is 33.6 Å². The van der Waals surface area contributed by atoms with Crippen LogP contribution >= 0.6 is 31.9 Å². The first-order chi connectivity index (χ1) is 5.85. The van der Waals surface area contributed by atoms with Crippen molar-refractivity contribution in [2.24, 2.45) is 11.8 Å². The van der Waals surface area contributed by atoms with Crippen molar-refractivity contribution in [2.75, 3.05) is 0 Å². The van der Waals surface area contributed by atoms with E-state index in [0.29, 0.717) is 17.6 Å². The summed E-state index contributed by atoms with van der Waals surface area (Å²) in [6.45, 7) is 6.34. The molecule has 1 rings (SSSR count). The normalized spacial score (nSPS) is 41.2. The van der Waals surface area contributed by atoms with E-state index in [1.165, 1.54) is 0 Å². The van der Waals surface area contributed by atoms with Gasteiger partial charge < -0.3 is 0 Å². The lowest BCUT2D eigenvalue weighted by molar-refractivity contribution is -0.123. The van der Waals surface area contributed by atoms with Crippen molar-refractivity contribution in [2.45, 2.75) is 42.8 Å². The van der Waals surface area contributed by atoms with Gasteiger partial charge in [0.2, 0.25) is 0 Å². The molecule has 1 saturated carbocycles. The van der Waals surface area contributed by atoms with Crippen molar-refractivity contribution in [1.82, 2.24) is 0 Å². The fraction of sp³-hybridized carbons (Fsp3) is 0.900. The summed E-state index contributed by atoms with van der Waals surface area (Å²) in [4.78, 5) is 12.0. The molecule has 76 valence electrons. The molecule has 0 spiro atoms. The molecule has 0 aromatic carbocycles. The van der Waals surface area contributed by atoms with Crippen LogP contribution in [0.3, 0.4) is 0 Å². The van der Waals surface area contributed by atoms with Gasteiger partial charge in [0.25, 0.3) is 0 Å². The third-order valence-corrected chi connectivity index (χ3v) is 5.93. The van der Waals surface area contributed by atoms with Crippen molar-refractivity contribution in [3.05, 3.63) is 0 Å². The van der Waals surface area contributed by atoms with Crippen LogP contribution in [0, 0.1) is 11.8 Å². The summed E-state index contributed by atoms with van der Waals surface area (Å²) in [6.07, 6.45) is 1.81. The Morgan fingerprint density at radius 1 is 1.54 bits per heavy atom. The average molecular weight is 312 g/mol. The summed E-state index contributed by atoms with van der Waals surface area (Å²) in [6, 6.07) is 0. The highest BCUT2D eigenvalue weighted by molar-refractivity contribution is 9.12. The maximum Gasteiger partial charge on any atom is 0.150 e. The maximum atomic E-state index is 11.8. The summed E-state index contributed by atoms with van der Waals surface area (Å²) in [5.41, 5.74) is 0. The Kier molecular flexibility index (Phi) is 3.61. The summed E-state index contributed by atoms with van der Waals surface area (Å²) < 4.78 is -0.349. The molecule has 0 radical (unpaired) electrons. The predicted octanol–water partition coefficient (Wildman–Crippen LogP) is 3.54. The van der Waals surface area contributed by atoms with Crippen molar-refractivity contribution in [3.8, 4) is 0 Å². The first-order valence-corrected chi connectivity index (χ1v) is 6.43. The van der Waals surface area contributed by atoms with Gasteiger partial charge in [-0.25, -0.2) is 0 Å². The van der Waals surface area contributed by atoms with Crippen LogP contribution in [0.5, 0.6) is 0 Å². The fourth-order valence-corrected chi connectivity index (χ4v) is 2.77. The smallest absolute Gasteiger partial charge is 0.150 e. The molecule has 0 bridgehead atoms. The average Bonchev–Trinajstić information content (AvgIpc) is 2.00. The third-order valence-electron chi connectivity index (χ3n) is 3.03. The van der Waals surface area contributed by atoms with Gasteiger partial charge in [-0.3, -0.25) is 4.79 Å². The molecular weight excluding hydrogens is 296 g/mol. The number of alkyl halides is 2. The van der Waals surface area contributed by atoms with Crippen LogP contribution in [0.25, 0.3) is 0 Å². The minimum absolute atomic E-state index is 0.272. The second-order valence-electron chi connectivity index (χ2n) is 4.41. The molecule has 3 heteroatoms. The lowest BCUT2D eigenvalue weighted by Crippen LogP contribution is -2.45. The Morgan fingerprint density at radius 3 is 2.46 bits per heavy atom. The Balaban J connectivity index is 2.74. The first-order valence-electron chi connectivity index (χ1n) is 4.72. The van der Waals surface area contributed by atoms with Gasteiger partial charge in [-0.2, -0.15) is 0 Å². The minimum Gasteiger partial charge on any atom is -0.298 e. The van der Waals surface area contributed by atoms with Gasteiger partial charge in [0.1, 0.15) is 0 Å². The summed E-state index contributed by atoms with van der Waals surface area (Å²) in [7, 11) is 0. The molecule has 0 saturated heterocycles. The van der Waals surface area contributed by atoms with Crippen molar-refractivity contribution in [1.29, 1.82) is 0 Å². The molecule has 0 aliphatic heterocycles. The summed E-state index contributed by atoms with van der Waals surface area (Å²) >= 11 is 7.09. The topological polar surface area (TPSA) is 17.1 Å². The minimum atomic E-state index is -0.349. The van der Waals surface area contributed by atoms with Crippen LogP contribution in [0.15, 0.2) is 0 Å². The molecule has 1 fully saturated rings. The number of ketones is 1. The SMILES string of the molecule is CC(C)C1CC(=O)C(C)(Br)C(Br)C1.